The Kier molecular flexibility index (Phi) is 6.21. The number of anilines is 1. The van der Waals surface area contributed by atoms with Crippen LogP contribution < -0.4 is 14.4 Å². The standard InChI is InChI=1S/C29H26N2O5/c1-3-35-20-11-7-9-18(15-20)27(32)25-26(23-17-30-24-14-6-5-13-22(23)24)31(29(34)28(25)33)19-10-8-12-21(16-19)36-4-2/h5-17,26,30,32H,3-4H2,1-2H3/b27-25+. The minimum absolute atomic E-state index is 0.0141. The number of para-hydroxylation sites is 1. The van der Waals surface area contributed by atoms with Crippen molar-refractivity contribution < 1.29 is 24.2 Å². The van der Waals surface area contributed by atoms with Gasteiger partial charge in [-0.05, 0) is 44.2 Å². The highest BCUT2D eigenvalue weighted by atomic mass is 16.5. The molecule has 1 atom stereocenters. The number of aliphatic hydroxyl groups is 1. The van der Waals surface area contributed by atoms with Gasteiger partial charge in [0.2, 0.25) is 0 Å². The number of H-pyrrole nitrogens is 1. The highest BCUT2D eigenvalue weighted by molar-refractivity contribution is 6.52. The van der Waals surface area contributed by atoms with E-state index in [2.05, 4.69) is 4.98 Å². The third-order valence-corrected chi connectivity index (χ3v) is 6.19. The molecule has 2 heterocycles. The minimum atomic E-state index is -0.853. The van der Waals surface area contributed by atoms with Crippen LogP contribution >= 0.6 is 0 Å². The van der Waals surface area contributed by atoms with Crippen molar-refractivity contribution in [3.05, 3.63) is 95.7 Å². The van der Waals surface area contributed by atoms with Gasteiger partial charge >= 0.3 is 0 Å². The van der Waals surface area contributed by atoms with E-state index >= 15 is 0 Å². The molecule has 1 unspecified atom stereocenters. The summed E-state index contributed by atoms with van der Waals surface area (Å²) in [5.74, 6) is -0.593. The number of Topliss-reactive ketones (excluding diaryl/α,β-unsaturated/α-hetero) is 1. The van der Waals surface area contributed by atoms with E-state index in [9.17, 15) is 14.7 Å². The van der Waals surface area contributed by atoms with Crippen molar-refractivity contribution in [2.75, 3.05) is 18.1 Å². The van der Waals surface area contributed by atoms with Crippen LogP contribution in [0, 0.1) is 0 Å². The number of nitrogens with zero attached hydrogens (tertiary/aromatic N) is 1. The van der Waals surface area contributed by atoms with E-state index < -0.39 is 17.7 Å². The van der Waals surface area contributed by atoms with Crippen molar-refractivity contribution in [3.63, 3.8) is 0 Å². The quantitative estimate of drug-likeness (QED) is 0.203. The highest BCUT2D eigenvalue weighted by Crippen LogP contribution is 2.44. The van der Waals surface area contributed by atoms with Crippen LogP contribution in [-0.2, 0) is 9.59 Å². The largest absolute Gasteiger partial charge is 0.507 e. The zero-order valence-electron chi connectivity index (χ0n) is 20.0. The monoisotopic (exact) mass is 482 g/mol. The van der Waals surface area contributed by atoms with Crippen molar-refractivity contribution in [2.45, 2.75) is 19.9 Å². The van der Waals surface area contributed by atoms with Crippen molar-refractivity contribution in [2.24, 2.45) is 0 Å². The number of hydrogen-bond donors (Lipinski definition) is 2. The molecular formula is C29H26N2O5. The van der Waals surface area contributed by atoms with Crippen LogP contribution in [0.5, 0.6) is 11.5 Å². The van der Waals surface area contributed by atoms with E-state index in [-0.39, 0.29) is 11.3 Å². The Morgan fingerprint density at radius 1 is 0.917 bits per heavy atom. The summed E-state index contributed by atoms with van der Waals surface area (Å²) in [5.41, 5.74) is 2.47. The third-order valence-electron chi connectivity index (χ3n) is 6.19. The molecule has 36 heavy (non-hydrogen) atoms. The van der Waals surface area contributed by atoms with Gasteiger partial charge in [-0.1, -0.05) is 36.4 Å². The zero-order valence-corrected chi connectivity index (χ0v) is 20.0. The predicted molar refractivity (Wildman–Crippen MR) is 138 cm³/mol. The van der Waals surface area contributed by atoms with E-state index in [4.69, 9.17) is 9.47 Å². The number of nitrogens with one attached hydrogen (secondary N) is 1. The second-order valence-electron chi connectivity index (χ2n) is 8.35. The summed E-state index contributed by atoms with van der Waals surface area (Å²) in [4.78, 5) is 31.6. The highest BCUT2D eigenvalue weighted by Gasteiger charge is 2.47. The van der Waals surface area contributed by atoms with E-state index in [1.165, 1.54) is 4.90 Å². The SMILES string of the molecule is CCOc1cccc(/C(O)=C2\C(=O)C(=O)N(c3cccc(OCC)c3)C2c2c[nH]c3ccccc23)c1. The maximum Gasteiger partial charge on any atom is 0.300 e. The lowest BCUT2D eigenvalue weighted by Crippen LogP contribution is -2.29. The number of benzene rings is 3. The molecule has 1 amide bonds. The van der Waals surface area contributed by atoms with Crippen LogP contribution in [0.3, 0.4) is 0 Å². The van der Waals surface area contributed by atoms with Gasteiger partial charge in [-0.2, -0.15) is 0 Å². The number of hydrogen-bond acceptors (Lipinski definition) is 5. The zero-order chi connectivity index (χ0) is 25.2. The lowest BCUT2D eigenvalue weighted by atomic mass is 9.94. The Hall–Kier alpha value is -4.52. The van der Waals surface area contributed by atoms with Gasteiger partial charge in [0.1, 0.15) is 17.3 Å². The molecule has 0 bridgehead atoms. The Labute approximate surface area is 208 Å². The first-order chi connectivity index (χ1) is 17.5. The van der Waals surface area contributed by atoms with Crippen LogP contribution in [0.4, 0.5) is 5.69 Å². The summed E-state index contributed by atoms with van der Waals surface area (Å²) in [5, 5.41) is 12.3. The average Bonchev–Trinajstić information content (AvgIpc) is 3.43. The maximum atomic E-state index is 13.5. The van der Waals surface area contributed by atoms with E-state index in [0.717, 1.165) is 10.9 Å². The molecular weight excluding hydrogens is 456 g/mol. The van der Waals surface area contributed by atoms with E-state index in [1.807, 2.05) is 38.1 Å². The summed E-state index contributed by atoms with van der Waals surface area (Å²) in [7, 11) is 0. The first kappa shape index (κ1) is 23.2. The fourth-order valence-electron chi connectivity index (χ4n) is 4.66. The summed E-state index contributed by atoms with van der Waals surface area (Å²) in [6, 6.07) is 20.7. The first-order valence-electron chi connectivity index (χ1n) is 11.9. The number of ether oxygens (including phenoxy) is 2. The van der Waals surface area contributed by atoms with Crippen LogP contribution in [0.1, 0.15) is 31.0 Å². The fourth-order valence-corrected chi connectivity index (χ4v) is 4.66. The summed E-state index contributed by atoms with van der Waals surface area (Å²) in [6.45, 7) is 4.66. The molecule has 7 nitrogen and oxygen atoms in total. The molecule has 182 valence electrons. The lowest BCUT2D eigenvalue weighted by Gasteiger charge is -2.25. The Bertz CT molecular complexity index is 1490. The molecule has 1 fully saturated rings. The van der Waals surface area contributed by atoms with Gasteiger partial charge in [0, 0.05) is 40.0 Å². The predicted octanol–water partition coefficient (Wildman–Crippen LogP) is 5.59. The smallest absolute Gasteiger partial charge is 0.300 e. The number of aromatic nitrogens is 1. The first-order valence-corrected chi connectivity index (χ1v) is 11.9. The van der Waals surface area contributed by atoms with Crippen LogP contribution in [-0.4, -0.2) is 35.0 Å². The second kappa shape index (κ2) is 9.62. The molecule has 5 rings (SSSR count). The number of aromatic amines is 1. The summed E-state index contributed by atoms with van der Waals surface area (Å²) < 4.78 is 11.2. The fraction of sp³-hybridized carbons (Fsp3) is 0.172. The van der Waals surface area contributed by atoms with Crippen molar-refractivity contribution in [1.82, 2.24) is 4.98 Å². The van der Waals surface area contributed by atoms with Gasteiger partial charge in [-0.3, -0.25) is 14.5 Å². The number of rotatable bonds is 7. The molecule has 7 heteroatoms. The number of fused-ring (bicyclic) bond motifs is 1. The van der Waals surface area contributed by atoms with Gasteiger partial charge in [-0.25, -0.2) is 0 Å². The molecule has 0 radical (unpaired) electrons. The van der Waals surface area contributed by atoms with Gasteiger partial charge < -0.3 is 19.6 Å². The average molecular weight is 483 g/mol. The van der Waals surface area contributed by atoms with Crippen molar-refractivity contribution >= 4 is 34.0 Å². The number of amides is 1. The molecule has 1 aliphatic heterocycles. The molecule has 1 aromatic heterocycles. The molecule has 0 aliphatic carbocycles. The van der Waals surface area contributed by atoms with Gasteiger partial charge in [-0.15, -0.1) is 0 Å². The summed E-state index contributed by atoms with van der Waals surface area (Å²) >= 11 is 0. The van der Waals surface area contributed by atoms with Crippen LogP contribution in [0.15, 0.2) is 84.6 Å². The van der Waals surface area contributed by atoms with E-state index in [1.54, 1.807) is 54.7 Å². The number of carbonyl (C=O) groups excluding carboxylic acids is 2. The molecule has 3 aromatic carbocycles. The Morgan fingerprint density at radius 2 is 1.61 bits per heavy atom. The van der Waals surface area contributed by atoms with Crippen LogP contribution in [0.25, 0.3) is 16.7 Å². The van der Waals surface area contributed by atoms with Crippen molar-refractivity contribution in [1.29, 1.82) is 0 Å². The molecule has 1 saturated heterocycles. The Balaban J connectivity index is 1.74. The lowest BCUT2D eigenvalue weighted by molar-refractivity contribution is -0.132. The molecule has 1 aliphatic rings. The van der Waals surface area contributed by atoms with Gasteiger partial charge in [0.15, 0.2) is 0 Å². The van der Waals surface area contributed by atoms with Crippen molar-refractivity contribution in [3.8, 4) is 11.5 Å². The topological polar surface area (TPSA) is 91.9 Å². The molecule has 4 aromatic rings. The second-order valence-corrected chi connectivity index (χ2v) is 8.35. The molecule has 0 saturated carbocycles. The minimum Gasteiger partial charge on any atom is -0.507 e. The summed E-state index contributed by atoms with van der Waals surface area (Å²) in [6.07, 6.45) is 1.78. The normalized spacial score (nSPS) is 17.1. The Morgan fingerprint density at radius 3 is 2.36 bits per heavy atom. The number of carbonyl (C=O) groups is 2. The maximum absolute atomic E-state index is 13.5. The van der Waals surface area contributed by atoms with Gasteiger partial charge in [0.05, 0.1) is 24.8 Å². The van der Waals surface area contributed by atoms with E-state index in [0.29, 0.717) is 41.5 Å². The number of aliphatic hydroxyl groups excluding tert-OH is 1. The number of ketones is 1. The third kappa shape index (κ3) is 3.98. The van der Waals surface area contributed by atoms with Crippen LogP contribution in [0.2, 0.25) is 0 Å². The van der Waals surface area contributed by atoms with Gasteiger partial charge in [0.25, 0.3) is 11.7 Å². The molecule has 2 N–H and O–H groups in total. The molecule has 0 spiro atoms.